The second-order valence-electron chi connectivity index (χ2n) is 2.15. The summed E-state index contributed by atoms with van der Waals surface area (Å²) in [5.74, 6) is 0. The molecule has 0 radical (unpaired) electrons. The molecule has 11 heavy (non-hydrogen) atoms. The molecule has 3 N–H and O–H groups in total. The molecule has 0 saturated carbocycles. The maximum atomic E-state index is 10.1. The average molecular weight is 158 g/mol. The van der Waals surface area contributed by atoms with Gasteiger partial charge in [0.05, 0.1) is 0 Å². The Morgan fingerprint density at radius 2 is 2.55 bits per heavy atom. The molecule has 1 amide bonds. The van der Waals surface area contributed by atoms with E-state index < -0.39 is 6.09 Å². The van der Waals surface area contributed by atoms with E-state index in [9.17, 15) is 4.79 Å². The molecule has 4 nitrogen and oxygen atoms in total. The van der Waals surface area contributed by atoms with Crippen LogP contribution in [0.3, 0.4) is 0 Å². The van der Waals surface area contributed by atoms with Crippen LogP contribution in [0.15, 0.2) is 12.7 Å². The molecule has 0 aromatic heterocycles. The van der Waals surface area contributed by atoms with E-state index in [-0.39, 0.29) is 6.04 Å². The maximum Gasteiger partial charge on any atom is 0.404 e. The lowest BCUT2D eigenvalue weighted by Gasteiger charge is -2.07. The van der Waals surface area contributed by atoms with Crippen LogP contribution in [0, 0.1) is 0 Å². The number of nitrogens with one attached hydrogen (secondary N) is 1. The lowest BCUT2D eigenvalue weighted by molar-refractivity contribution is 0.157. The first-order valence-electron chi connectivity index (χ1n) is 3.45. The standard InChI is InChI=1S/C7H14N2O2/c1-3-6(2)9-4-5-11-7(8)10/h3,6,9H,1,4-5H2,2H3,(H2,8,10). The van der Waals surface area contributed by atoms with E-state index >= 15 is 0 Å². The summed E-state index contributed by atoms with van der Waals surface area (Å²) in [4.78, 5) is 10.1. The van der Waals surface area contributed by atoms with E-state index in [2.05, 4.69) is 16.6 Å². The quantitative estimate of drug-likeness (QED) is 0.445. The predicted molar refractivity (Wildman–Crippen MR) is 43.2 cm³/mol. The number of nitrogens with two attached hydrogens (primary N) is 1. The number of hydrogen-bond acceptors (Lipinski definition) is 3. The van der Waals surface area contributed by atoms with Crippen molar-refractivity contribution in [2.24, 2.45) is 5.73 Å². The Bertz CT molecular complexity index is 136. The van der Waals surface area contributed by atoms with Gasteiger partial charge in [-0.05, 0) is 6.92 Å². The zero-order valence-electron chi connectivity index (χ0n) is 6.67. The first-order chi connectivity index (χ1) is 5.16. The summed E-state index contributed by atoms with van der Waals surface area (Å²) in [6.45, 7) is 6.43. The first kappa shape index (κ1) is 9.97. The molecule has 0 rings (SSSR count). The second kappa shape index (κ2) is 5.73. The van der Waals surface area contributed by atoms with Crippen molar-refractivity contribution in [2.45, 2.75) is 13.0 Å². The predicted octanol–water partition coefficient (Wildman–Crippen LogP) is 0.246. The van der Waals surface area contributed by atoms with Crippen LogP contribution in [-0.2, 0) is 4.74 Å². The molecule has 0 spiro atoms. The van der Waals surface area contributed by atoms with Gasteiger partial charge >= 0.3 is 6.09 Å². The van der Waals surface area contributed by atoms with Gasteiger partial charge in [0, 0.05) is 12.6 Å². The molecule has 0 aliphatic heterocycles. The molecule has 0 heterocycles. The number of carbonyl (C=O) groups is 1. The van der Waals surface area contributed by atoms with E-state index in [1.165, 1.54) is 0 Å². The second-order valence-corrected chi connectivity index (χ2v) is 2.15. The molecule has 0 aliphatic rings. The van der Waals surface area contributed by atoms with Gasteiger partial charge in [0.1, 0.15) is 6.61 Å². The van der Waals surface area contributed by atoms with Gasteiger partial charge in [0.25, 0.3) is 0 Å². The normalized spacial score (nSPS) is 12.1. The van der Waals surface area contributed by atoms with Crippen molar-refractivity contribution in [1.82, 2.24) is 5.32 Å². The van der Waals surface area contributed by atoms with Gasteiger partial charge < -0.3 is 15.8 Å². The van der Waals surface area contributed by atoms with Crippen molar-refractivity contribution in [3.63, 3.8) is 0 Å². The minimum atomic E-state index is -0.738. The van der Waals surface area contributed by atoms with Crippen molar-refractivity contribution in [3.8, 4) is 0 Å². The number of amides is 1. The Labute approximate surface area is 66.4 Å². The van der Waals surface area contributed by atoms with Crippen LogP contribution in [0.25, 0.3) is 0 Å². The largest absolute Gasteiger partial charge is 0.448 e. The average Bonchev–Trinajstić information content (AvgIpc) is 1.97. The molecule has 0 aromatic rings. The molecule has 64 valence electrons. The molecule has 0 fully saturated rings. The Kier molecular flexibility index (Phi) is 5.20. The number of hydrogen-bond donors (Lipinski definition) is 2. The molecule has 0 bridgehead atoms. The minimum absolute atomic E-state index is 0.228. The van der Waals surface area contributed by atoms with Crippen LogP contribution >= 0.6 is 0 Å². The lowest BCUT2D eigenvalue weighted by Crippen LogP contribution is -2.29. The van der Waals surface area contributed by atoms with Gasteiger partial charge in [0.15, 0.2) is 0 Å². The summed E-state index contributed by atoms with van der Waals surface area (Å²) in [5, 5.41) is 3.04. The summed E-state index contributed by atoms with van der Waals surface area (Å²) >= 11 is 0. The highest BCUT2D eigenvalue weighted by Crippen LogP contribution is 1.80. The molecule has 1 atom stereocenters. The van der Waals surface area contributed by atoms with Gasteiger partial charge in [0.2, 0.25) is 0 Å². The van der Waals surface area contributed by atoms with Crippen LogP contribution in [0.1, 0.15) is 6.92 Å². The first-order valence-corrected chi connectivity index (χ1v) is 3.45. The Hall–Kier alpha value is -1.03. The van der Waals surface area contributed by atoms with Gasteiger partial charge in [-0.2, -0.15) is 0 Å². The van der Waals surface area contributed by atoms with Crippen molar-refractivity contribution < 1.29 is 9.53 Å². The fourth-order valence-electron chi connectivity index (χ4n) is 0.522. The van der Waals surface area contributed by atoms with Gasteiger partial charge in [-0.25, -0.2) is 4.79 Å². The zero-order chi connectivity index (χ0) is 8.69. The Morgan fingerprint density at radius 1 is 1.91 bits per heavy atom. The minimum Gasteiger partial charge on any atom is -0.448 e. The number of rotatable bonds is 5. The van der Waals surface area contributed by atoms with Crippen LogP contribution < -0.4 is 11.1 Å². The molecule has 0 aromatic carbocycles. The van der Waals surface area contributed by atoms with Crippen molar-refractivity contribution in [3.05, 3.63) is 12.7 Å². The molecular weight excluding hydrogens is 144 g/mol. The molecule has 4 heteroatoms. The van der Waals surface area contributed by atoms with Crippen LogP contribution in [0.4, 0.5) is 4.79 Å². The topological polar surface area (TPSA) is 64.3 Å². The smallest absolute Gasteiger partial charge is 0.404 e. The SMILES string of the molecule is C=CC(C)NCCOC(N)=O. The third kappa shape index (κ3) is 6.86. The van der Waals surface area contributed by atoms with Crippen LogP contribution in [0.5, 0.6) is 0 Å². The van der Waals surface area contributed by atoms with Crippen LogP contribution in [-0.4, -0.2) is 25.3 Å². The van der Waals surface area contributed by atoms with Crippen molar-refractivity contribution in [2.75, 3.05) is 13.2 Å². The highest BCUT2D eigenvalue weighted by atomic mass is 16.5. The summed E-state index contributed by atoms with van der Waals surface area (Å²) in [6, 6.07) is 0.228. The van der Waals surface area contributed by atoms with E-state index in [0.29, 0.717) is 13.2 Å². The van der Waals surface area contributed by atoms with Crippen LogP contribution in [0.2, 0.25) is 0 Å². The summed E-state index contributed by atoms with van der Waals surface area (Å²) in [6.07, 6.45) is 1.03. The van der Waals surface area contributed by atoms with E-state index in [0.717, 1.165) is 0 Å². The van der Waals surface area contributed by atoms with Crippen molar-refractivity contribution >= 4 is 6.09 Å². The zero-order valence-corrected chi connectivity index (χ0v) is 6.67. The molecule has 1 unspecified atom stereocenters. The molecule has 0 saturated heterocycles. The highest BCUT2D eigenvalue weighted by molar-refractivity contribution is 5.64. The highest BCUT2D eigenvalue weighted by Gasteiger charge is 1.95. The molecular formula is C7H14N2O2. The summed E-state index contributed by atoms with van der Waals surface area (Å²) < 4.78 is 4.48. The number of ether oxygens (including phenoxy) is 1. The third-order valence-corrected chi connectivity index (χ3v) is 1.17. The fourth-order valence-corrected chi connectivity index (χ4v) is 0.522. The van der Waals surface area contributed by atoms with Gasteiger partial charge in [-0.15, -0.1) is 6.58 Å². The van der Waals surface area contributed by atoms with E-state index in [1.807, 2.05) is 6.92 Å². The number of primary amides is 1. The fraction of sp³-hybridized carbons (Fsp3) is 0.571. The third-order valence-electron chi connectivity index (χ3n) is 1.17. The van der Waals surface area contributed by atoms with Gasteiger partial charge in [-0.3, -0.25) is 0 Å². The van der Waals surface area contributed by atoms with Crippen molar-refractivity contribution in [1.29, 1.82) is 0 Å². The van der Waals surface area contributed by atoms with E-state index in [1.54, 1.807) is 6.08 Å². The molecule has 0 aliphatic carbocycles. The lowest BCUT2D eigenvalue weighted by atomic mass is 10.3. The Balaban J connectivity index is 3.14. The number of carbonyl (C=O) groups excluding carboxylic acids is 1. The summed E-state index contributed by atoms with van der Waals surface area (Å²) in [7, 11) is 0. The monoisotopic (exact) mass is 158 g/mol. The maximum absolute atomic E-state index is 10.1. The Morgan fingerprint density at radius 3 is 3.00 bits per heavy atom. The summed E-state index contributed by atoms with van der Waals surface area (Å²) in [5.41, 5.74) is 4.73. The van der Waals surface area contributed by atoms with E-state index in [4.69, 9.17) is 5.73 Å². The van der Waals surface area contributed by atoms with Gasteiger partial charge in [-0.1, -0.05) is 6.08 Å².